The van der Waals surface area contributed by atoms with Crippen molar-refractivity contribution in [1.29, 1.82) is 0 Å². The van der Waals surface area contributed by atoms with E-state index in [4.69, 9.17) is 14.9 Å². The second kappa shape index (κ2) is 6.23. The summed E-state index contributed by atoms with van der Waals surface area (Å²) in [6.07, 6.45) is -1.50. The summed E-state index contributed by atoms with van der Waals surface area (Å²) >= 11 is 0. The van der Waals surface area contributed by atoms with Crippen molar-refractivity contribution in [3.05, 3.63) is 0 Å². The number of rotatable bonds is 5. The molecule has 0 aliphatic carbocycles. The molecule has 1 atom stereocenters. The number of carbonyl (C=O) groups is 3. The lowest BCUT2D eigenvalue weighted by atomic mass is 10.1. The first kappa shape index (κ1) is 16.2. The number of amides is 1. The van der Waals surface area contributed by atoms with Crippen LogP contribution in [0.1, 0.15) is 34.1 Å². The molecule has 0 spiro atoms. The molecule has 0 heterocycles. The van der Waals surface area contributed by atoms with E-state index in [-0.39, 0.29) is 6.54 Å². The summed E-state index contributed by atoms with van der Waals surface area (Å²) in [4.78, 5) is 34.2. The quantitative estimate of drug-likeness (QED) is 0.769. The van der Waals surface area contributed by atoms with Gasteiger partial charge in [0.05, 0.1) is 6.42 Å². The Morgan fingerprint density at radius 2 is 1.72 bits per heavy atom. The molecule has 0 aromatic carbocycles. The van der Waals surface area contributed by atoms with Crippen LogP contribution in [-0.4, -0.2) is 51.3 Å². The molecule has 0 aromatic heterocycles. The molecule has 0 saturated heterocycles. The van der Waals surface area contributed by atoms with Crippen LogP contribution in [0.3, 0.4) is 0 Å². The molecule has 18 heavy (non-hydrogen) atoms. The molecular weight excluding hydrogens is 242 g/mol. The van der Waals surface area contributed by atoms with Crippen LogP contribution < -0.4 is 0 Å². The summed E-state index contributed by atoms with van der Waals surface area (Å²) in [6, 6.07) is -1.43. The summed E-state index contributed by atoms with van der Waals surface area (Å²) in [5.41, 5.74) is -0.767. The third kappa shape index (κ3) is 5.51. The normalized spacial score (nSPS) is 12.7. The third-order valence-electron chi connectivity index (χ3n) is 2.00. The lowest BCUT2D eigenvalue weighted by Gasteiger charge is -2.29. The number of likely N-dealkylation sites (N-methyl/N-ethyl adjacent to an activating group) is 1. The van der Waals surface area contributed by atoms with Crippen LogP contribution in [0, 0.1) is 0 Å². The van der Waals surface area contributed by atoms with Crippen LogP contribution in [-0.2, 0) is 14.3 Å². The van der Waals surface area contributed by atoms with Gasteiger partial charge in [-0.1, -0.05) is 0 Å². The molecule has 0 rings (SSSR count). The minimum Gasteiger partial charge on any atom is -0.481 e. The van der Waals surface area contributed by atoms with E-state index >= 15 is 0 Å². The molecule has 0 radical (unpaired) electrons. The molecule has 0 aliphatic rings. The Bertz CT molecular complexity index is 333. The third-order valence-corrected chi connectivity index (χ3v) is 2.00. The molecular formula is C11H19NO6. The van der Waals surface area contributed by atoms with Crippen LogP contribution in [0.2, 0.25) is 0 Å². The van der Waals surface area contributed by atoms with Crippen molar-refractivity contribution in [2.75, 3.05) is 6.54 Å². The van der Waals surface area contributed by atoms with Gasteiger partial charge in [-0.05, 0) is 27.7 Å². The molecule has 0 unspecified atom stereocenters. The highest BCUT2D eigenvalue weighted by molar-refractivity contribution is 5.84. The van der Waals surface area contributed by atoms with Crippen molar-refractivity contribution >= 4 is 18.0 Å². The monoisotopic (exact) mass is 261 g/mol. The number of carboxylic acid groups (broad SMARTS) is 2. The topological polar surface area (TPSA) is 104 Å². The van der Waals surface area contributed by atoms with Gasteiger partial charge in [0.25, 0.3) is 0 Å². The van der Waals surface area contributed by atoms with Crippen LogP contribution in [0.15, 0.2) is 0 Å². The minimum atomic E-state index is -1.43. The van der Waals surface area contributed by atoms with E-state index in [1.807, 2.05) is 0 Å². The average Bonchev–Trinajstić information content (AvgIpc) is 2.13. The first-order valence-corrected chi connectivity index (χ1v) is 5.52. The zero-order valence-corrected chi connectivity index (χ0v) is 11.0. The molecule has 2 N–H and O–H groups in total. The van der Waals surface area contributed by atoms with E-state index in [0.29, 0.717) is 0 Å². The van der Waals surface area contributed by atoms with Crippen molar-refractivity contribution in [2.45, 2.75) is 45.8 Å². The van der Waals surface area contributed by atoms with E-state index < -0.39 is 36.1 Å². The lowest BCUT2D eigenvalue weighted by Crippen LogP contribution is -2.48. The smallest absolute Gasteiger partial charge is 0.411 e. The average molecular weight is 261 g/mol. The molecule has 104 valence electrons. The molecule has 0 fully saturated rings. The number of ether oxygens (including phenoxy) is 1. The van der Waals surface area contributed by atoms with Gasteiger partial charge in [0, 0.05) is 6.54 Å². The number of carboxylic acids is 2. The van der Waals surface area contributed by atoms with Crippen LogP contribution in [0.5, 0.6) is 0 Å². The Hall–Kier alpha value is -1.79. The van der Waals surface area contributed by atoms with E-state index in [1.54, 1.807) is 27.7 Å². The van der Waals surface area contributed by atoms with Gasteiger partial charge < -0.3 is 14.9 Å². The molecule has 7 heteroatoms. The molecule has 0 aromatic rings. The molecule has 0 bridgehead atoms. The Kier molecular flexibility index (Phi) is 5.61. The molecule has 0 aliphatic heterocycles. The van der Waals surface area contributed by atoms with Crippen molar-refractivity contribution in [3.8, 4) is 0 Å². The second-order valence-corrected chi connectivity index (χ2v) is 4.72. The Labute approximate surface area is 105 Å². The van der Waals surface area contributed by atoms with E-state index in [2.05, 4.69) is 0 Å². The highest BCUT2D eigenvalue weighted by Crippen LogP contribution is 2.13. The highest BCUT2D eigenvalue weighted by atomic mass is 16.6. The number of hydrogen-bond acceptors (Lipinski definition) is 4. The summed E-state index contributed by atoms with van der Waals surface area (Å²) in [5.74, 6) is -2.66. The van der Waals surface area contributed by atoms with Gasteiger partial charge >= 0.3 is 18.0 Å². The number of carbonyl (C=O) groups excluding carboxylic acids is 1. The fourth-order valence-corrected chi connectivity index (χ4v) is 1.29. The second-order valence-electron chi connectivity index (χ2n) is 4.72. The van der Waals surface area contributed by atoms with Crippen molar-refractivity contribution in [3.63, 3.8) is 0 Å². The van der Waals surface area contributed by atoms with Crippen LogP contribution in [0.4, 0.5) is 4.79 Å². The Morgan fingerprint density at radius 3 is 2.00 bits per heavy atom. The SMILES string of the molecule is CCN(C(=O)OC(C)(C)C)[C@@H](CC(=O)O)C(=O)O. The standard InChI is InChI=1S/C11H19NO6/c1-5-12(10(17)18-11(2,3)4)7(9(15)16)6-8(13)14/h7H,5-6H2,1-4H3,(H,13,14)(H,15,16)/t7-/m0/s1. The maximum absolute atomic E-state index is 11.8. The fourth-order valence-electron chi connectivity index (χ4n) is 1.29. The van der Waals surface area contributed by atoms with E-state index in [1.165, 1.54) is 0 Å². The predicted octanol–water partition coefficient (Wildman–Crippen LogP) is 1.17. The number of aliphatic carboxylic acids is 2. The zero-order chi connectivity index (χ0) is 14.5. The van der Waals surface area contributed by atoms with Crippen molar-refractivity contribution < 1.29 is 29.3 Å². The number of nitrogens with zero attached hydrogens (tertiary/aromatic N) is 1. The van der Waals surface area contributed by atoms with Gasteiger partial charge in [0.1, 0.15) is 11.6 Å². The van der Waals surface area contributed by atoms with Gasteiger partial charge in [0.2, 0.25) is 0 Å². The fraction of sp³-hybridized carbons (Fsp3) is 0.727. The molecule has 0 saturated carbocycles. The first-order chi connectivity index (χ1) is 8.08. The summed E-state index contributed by atoms with van der Waals surface area (Å²) in [7, 11) is 0. The van der Waals surface area contributed by atoms with Crippen LogP contribution >= 0.6 is 0 Å². The van der Waals surface area contributed by atoms with Gasteiger partial charge in [0.15, 0.2) is 0 Å². The van der Waals surface area contributed by atoms with E-state index in [0.717, 1.165) is 4.90 Å². The van der Waals surface area contributed by atoms with Crippen molar-refractivity contribution in [1.82, 2.24) is 4.90 Å². The predicted molar refractivity (Wildman–Crippen MR) is 62.3 cm³/mol. The maximum Gasteiger partial charge on any atom is 0.411 e. The first-order valence-electron chi connectivity index (χ1n) is 5.52. The summed E-state index contributed by atoms with van der Waals surface area (Å²) in [5, 5.41) is 17.6. The van der Waals surface area contributed by atoms with Gasteiger partial charge in [-0.2, -0.15) is 0 Å². The minimum absolute atomic E-state index is 0.0547. The van der Waals surface area contributed by atoms with Gasteiger partial charge in [-0.25, -0.2) is 9.59 Å². The lowest BCUT2D eigenvalue weighted by molar-refractivity contribution is -0.149. The summed E-state index contributed by atoms with van der Waals surface area (Å²) < 4.78 is 5.03. The molecule has 1 amide bonds. The van der Waals surface area contributed by atoms with E-state index in [9.17, 15) is 14.4 Å². The van der Waals surface area contributed by atoms with Crippen LogP contribution in [0.25, 0.3) is 0 Å². The van der Waals surface area contributed by atoms with Gasteiger partial charge in [-0.15, -0.1) is 0 Å². The Balaban J connectivity index is 4.95. The summed E-state index contributed by atoms with van der Waals surface area (Å²) in [6.45, 7) is 6.55. The molecule has 7 nitrogen and oxygen atoms in total. The highest BCUT2D eigenvalue weighted by Gasteiger charge is 2.33. The van der Waals surface area contributed by atoms with Crippen molar-refractivity contribution in [2.24, 2.45) is 0 Å². The maximum atomic E-state index is 11.8. The zero-order valence-electron chi connectivity index (χ0n) is 11.0. The Morgan fingerprint density at radius 1 is 1.22 bits per heavy atom. The number of hydrogen-bond donors (Lipinski definition) is 2. The largest absolute Gasteiger partial charge is 0.481 e. The van der Waals surface area contributed by atoms with Gasteiger partial charge in [-0.3, -0.25) is 9.69 Å².